The number of nitrogens with zero attached hydrogens (tertiary/aromatic N) is 3. The van der Waals surface area contributed by atoms with Crippen LogP contribution in [0.4, 0.5) is 5.69 Å². The minimum atomic E-state index is -1.47. The molecule has 1 spiro atoms. The first-order valence-corrected chi connectivity index (χ1v) is 10.3. The number of aromatic nitrogens is 2. The topological polar surface area (TPSA) is 108 Å². The van der Waals surface area contributed by atoms with Gasteiger partial charge in [0, 0.05) is 17.3 Å². The molecule has 3 heterocycles. The van der Waals surface area contributed by atoms with E-state index >= 15 is 0 Å². The SMILES string of the molecule is C[C@@](O)(CO)c1ncc(OCCN2CCC3(CC2)C(=O)Nc2ccc(Cl)cc23)cn1. The van der Waals surface area contributed by atoms with E-state index in [9.17, 15) is 9.90 Å². The molecule has 0 aliphatic carbocycles. The van der Waals surface area contributed by atoms with Crippen molar-refractivity contribution < 1.29 is 19.7 Å². The Morgan fingerprint density at radius 2 is 2.00 bits per heavy atom. The lowest BCUT2D eigenvalue weighted by Crippen LogP contribution is -2.47. The van der Waals surface area contributed by atoms with E-state index in [2.05, 4.69) is 20.2 Å². The van der Waals surface area contributed by atoms with Gasteiger partial charge >= 0.3 is 0 Å². The van der Waals surface area contributed by atoms with Crippen LogP contribution in [0.3, 0.4) is 0 Å². The monoisotopic (exact) mass is 432 g/mol. The molecule has 0 radical (unpaired) electrons. The molecule has 1 amide bonds. The summed E-state index contributed by atoms with van der Waals surface area (Å²) >= 11 is 6.17. The molecule has 1 atom stereocenters. The normalized spacial score (nSPS) is 19.9. The Labute approximate surface area is 179 Å². The van der Waals surface area contributed by atoms with Gasteiger partial charge in [-0.1, -0.05) is 11.6 Å². The summed E-state index contributed by atoms with van der Waals surface area (Å²) in [6, 6.07) is 5.58. The number of fused-ring (bicyclic) bond motifs is 2. The Morgan fingerprint density at radius 1 is 1.30 bits per heavy atom. The molecule has 3 N–H and O–H groups in total. The molecule has 9 heteroatoms. The van der Waals surface area contributed by atoms with E-state index < -0.39 is 17.6 Å². The number of aliphatic hydroxyl groups is 2. The molecule has 0 bridgehead atoms. The van der Waals surface area contributed by atoms with Crippen molar-refractivity contribution in [1.82, 2.24) is 14.9 Å². The maximum atomic E-state index is 12.7. The summed E-state index contributed by atoms with van der Waals surface area (Å²) in [7, 11) is 0. The van der Waals surface area contributed by atoms with Crippen LogP contribution in [-0.4, -0.2) is 63.8 Å². The van der Waals surface area contributed by atoms with Gasteiger partial charge in [-0.05, 0) is 56.6 Å². The van der Waals surface area contributed by atoms with Crippen LogP contribution < -0.4 is 10.1 Å². The highest BCUT2D eigenvalue weighted by Gasteiger charge is 2.48. The van der Waals surface area contributed by atoms with Crippen LogP contribution in [0.1, 0.15) is 31.2 Å². The van der Waals surface area contributed by atoms with Gasteiger partial charge in [0.05, 0.1) is 24.4 Å². The summed E-state index contributed by atoms with van der Waals surface area (Å²) in [5.74, 6) is 0.709. The number of amides is 1. The Morgan fingerprint density at radius 3 is 2.67 bits per heavy atom. The highest BCUT2D eigenvalue weighted by molar-refractivity contribution is 6.31. The molecule has 2 aliphatic heterocycles. The van der Waals surface area contributed by atoms with Crippen molar-refractivity contribution in [2.45, 2.75) is 30.8 Å². The average Bonchev–Trinajstić information content (AvgIpc) is 3.01. The molecule has 8 nitrogen and oxygen atoms in total. The van der Waals surface area contributed by atoms with Crippen molar-refractivity contribution in [3.8, 4) is 5.75 Å². The molecular weight excluding hydrogens is 408 g/mol. The van der Waals surface area contributed by atoms with E-state index in [1.54, 1.807) is 6.07 Å². The van der Waals surface area contributed by atoms with E-state index in [1.807, 2.05) is 12.1 Å². The lowest BCUT2D eigenvalue weighted by atomic mass is 9.73. The fourth-order valence-electron chi connectivity index (χ4n) is 4.07. The molecule has 1 fully saturated rings. The third kappa shape index (κ3) is 3.88. The van der Waals surface area contributed by atoms with Crippen LogP contribution in [0.5, 0.6) is 5.75 Å². The minimum Gasteiger partial charge on any atom is -0.489 e. The molecule has 1 aromatic heterocycles. The third-order valence-corrected chi connectivity index (χ3v) is 6.22. The zero-order chi connectivity index (χ0) is 21.4. The lowest BCUT2D eigenvalue weighted by molar-refractivity contribution is -0.122. The van der Waals surface area contributed by atoms with E-state index in [4.69, 9.17) is 21.4 Å². The van der Waals surface area contributed by atoms with E-state index in [1.165, 1.54) is 19.3 Å². The van der Waals surface area contributed by atoms with Crippen LogP contribution in [0.2, 0.25) is 5.02 Å². The number of halogens is 1. The van der Waals surface area contributed by atoms with E-state index in [0.29, 0.717) is 17.4 Å². The summed E-state index contributed by atoms with van der Waals surface area (Å²) in [5, 5.41) is 22.8. The molecule has 1 aromatic carbocycles. The van der Waals surface area contributed by atoms with Crippen LogP contribution in [0.15, 0.2) is 30.6 Å². The van der Waals surface area contributed by atoms with Gasteiger partial charge in [-0.15, -0.1) is 0 Å². The van der Waals surface area contributed by atoms with Gasteiger partial charge in [0.15, 0.2) is 11.6 Å². The second kappa shape index (κ2) is 8.11. The number of carbonyl (C=O) groups excluding carboxylic acids is 1. The highest BCUT2D eigenvalue weighted by atomic mass is 35.5. The second-order valence-corrected chi connectivity index (χ2v) is 8.53. The number of ether oxygens (including phenoxy) is 1. The van der Waals surface area contributed by atoms with Gasteiger partial charge in [0.1, 0.15) is 12.2 Å². The fraction of sp³-hybridized carbons (Fsp3) is 0.476. The molecule has 4 rings (SSSR count). The smallest absolute Gasteiger partial charge is 0.235 e. The van der Waals surface area contributed by atoms with Gasteiger partial charge in [0.2, 0.25) is 5.91 Å². The summed E-state index contributed by atoms with van der Waals surface area (Å²) < 4.78 is 5.71. The maximum absolute atomic E-state index is 12.7. The number of hydrogen-bond donors (Lipinski definition) is 3. The molecule has 2 aromatic rings. The van der Waals surface area contributed by atoms with Crippen LogP contribution in [-0.2, 0) is 15.8 Å². The third-order valence-electron chi connectivity index (χ3n) is 5.98. The van der Waals surface area contributed by atoms with Gasteiger partial charge < -0.3 is 20.3 Å². The number of anilines is 1. The summed E-state index contributed by atoms with van der Waals surface area (Å²) in [4.78, 5) is 23.1. The Balaban J connectivity index is 1.30. The van der Waals surface area contributed by atoms with E-state index in [0.717, 1.165) is 43.7 Å². The number of rotatable bonds is 6. The summed E-state index contributed by atoms with van der Waals surface area (Å²) in [6.45, 7) is 3.74. The molecule has 2 aliphatic rings. The number of likely N-dealkylation sites (tertiary alicyclic amines) is 1. The average molecular weight is 433 g/mol. The molecule has 30 heavy (non-hydrogen) atoms. The number of nitrogens with one attached hydrogen (secondary N) is 1. The first kappa shape index (κ1) is 21.0. The minimum absolute atomic E-state index is 0.0617. The number of piperidine rings is 1. The predicted octanol–water partition coefficient (Wildman–Crippen LogP) is 1.69. The highest BCUT2D eigenvalue weighted by Crippen LogP contribution is 2.45. The van der Waals surface area contributed by atoms with Crippen molar-refractivity contribution in [1.29, 1.82) is 0 Å². The standard InChI is InChI=1S/C21H25ClN4O4/c1-20(29,13-27)18-23-11-15(12-24-18)30-9-8-26-6-4-21(5-7-26)16-10-14(22)2-3-17(16)25-19(21)28/h2-3,10-12,27,29H,4-9,13H2,1H3,(H,25,28)/t20-/m1/s1. The number of hydrogen-bond acceptors (Lipinski definition) is 7. The van der Waals surface area contributed by atoms with Gasteiger partial charge in [-0.2, -0.15) is 0 Å². The second-order valence-electron chi connectivity index (χ2n) is 8.09. The lowest BCUT2D eigenvalue weighted by Gasteiger charge is -2.37. The molecular formula is C21H25ClN4O4. The number of aliphatic hydroxyl groups excluding tert-OH is 1. The number of carbonyl (C=O) groups is 1. The van der Waals surface area contributed by atoms with Gasteiger partial charge in [-0.25, -0.2) is 9.97 Å². The first-order chi connectivity index (χ1) is 14.3. The molecule has 160 valence electrons. The Bertz CT molecular complexity index is 927. The Hall–Kier alpha value is -2.26. The zero-order valence-electron chi connectivity index (χ0n) is 16.8. The first-order valence-electron chi connectivity index (χ1n) is 9.96. The van der Waals surface area contributed by atoms with Crippen molar-refractivity contribution in [3.63, 3.8) is 0 Å². The van der Waals surface area contributed by atoms with Crippen molar-refractivity contribution >= 4 is 23.2 Å². The molecule has 1 saturated heterocycles. The number of benzene rings is 1. The van der Waals surface area contributed by atoms with Gasteiger partial charge in [-0.3, -0.25) is 9.69 Å². The van der Waals surface area contributed by atoms with Crippen LogP contribution >= 0.6 is 11.6 Å². The van der Waals surface area contributed by atoms with Crippen LogP contribution in [0, 0.1) is 0 Å². The predicted molar refractivity (Wildman–Crippen MR) is 112 cm³/mol. The van der Waals surface area contributed by atoms with Crippen molar-refractivity contribution in [3.05, 3.63) is 47.0 Å². The summed E-state index contributed by atoms with van der Waals surface area (Å²) in [6.07, 6.45) is 4.45. The zero-order valence-corrected chi connectivity index (χ0v) is 17.5. The largest absolute Gasteiger partial charge is 0.489 e. The quantitative estimate of drug-likeness (QED) is 0.637. The Kier molecular flexibility index (Phi) is 5.67. The van der Waals surface area contributed by atoms with Crippen molar-refractivity contribution in [2.24, 2.45) is 0 Å². The maximum Gasteiger partial charge on any atom is 0.235 e. The fourth-order valence-corrected chi connectivity index (χ4v) is 4.24. The van der Waals surface area contributed by atoms with E-state index in [-0.39, 0.29) is 11.7 Å². The molecule has 0 saturated carbocycles. The summed E-state index contributed by atoms with van der Waals surface area (Å²) in [5.41, 5.74) is -0.0977. The van der Waals surface area contributed by atoms with Crippen LogP contribution in [0.25, 0.3) is 0 Å². The van der Waals surface area contributed by atoms with Gasteiger partial charge in [0.25, 0.3) is 0 Å². The molecule has 0 unspecified atom stereocenters. The van der Waals surface area contributed by atoms with Crippen molar-refractivity contribution in [2.75, 3.05) is 38.2 Å².